The van der Waals surface area contributed by atoms with E-state index < -0.39 is 6.10 Å². The summed E-state index contributed by atoms with van der Waals surface area (Å²) in [6.07, 6.45) is 4.00. The Bertz CT molecular complexity index is 696. The maximum absolute atomic E-state index is 13.2. The number of hydrogen-bond acceptors (Lipinski definition) is 3. The van der Waals surface area contributed by atoms with Crippen LogP contribution in [0.5, 0.6) is 0 Å². The Morgan fingerprint density at radius 3 is 2.92 bits per heavy atom. The zero-order chi connectivity index (χ0) is 16.9. The van der Waals surface area contributed by atoms with Crippen molar-refractivity contribution < 1.29 is 14.3 Å². The molecule has 1 saturated heterocycles. The van der Waals surface area contributed by atoms with Crippen LogP contribution in [-0.2, 0) is 13.0 Å². The number of halogens is 1. The number of nitrogens with zero attached hydrogens (tertiary/aromatic N) is 2. The van der Waals surface area contributed by atoms with Crippen LogP contribution >= 0.6 is 0 Å². The summed E-state index contributed by atoms with van der Waals surface area (Å²) in [4.78, 5) is 18.2. The zero-order valence-corrected chi connectivity index (χ0v) is 13.2. The highest BCUT2D eigenvalue weighted by molar-refractivity contribution is 5.75. The van der Waals surface area contributed by atoms with Gasteiger partial charge in [0.2, 0.25) is 0 Å². The van der Waals surface area contributed by atoms with E-state index in [-0.39, 0.29) is 24.4 Å². The van der Waals surface area contributed by atoms with E-state index in [2.05, 4.69) is 10.3 Å². The maximum Gasteiger partial charge on any atom is 0.318 e. The molecule has 3 rings (SSSR count). The number of aliphatic hydroxyl groups is 1. The SMILES string of the molecule is O=C(NCc1cccc(F)c1)N1CC[C@H](O)[C@@H]1Cc1cccnc1. The minimum Gasteiger partial charge on any atom is -0.391 e. The first-order chi connectivity index (χ1) is 11.6. The molecule has 0 aliphatic carbocycles. The van der Waals surface area contributed by atoms with Crippen molar-refractivity contribution in [3.8, 4) is 0 Å². The highest BCUT2D eigenvalue weighted by Crippen LogP contribution is 2.21. The first kappa shape index (κ1) is 16.4. The predicted molar refractivity (Wildman–Crippen MR) is 87.7 cm³/mol. The molecule has 2 amide bonds. The van der Waals surface area contributed by atoms with Crippen molar-refractivity contribution in [3.05, 3.63) is 65.7 Å². The lowest BCUT2D eigenvalue weighted by molar-refractivity contribution is 0.122. The van der Waals surface area contributed by atoms with E-state index in [0.717, 1.165) is 5.56 Å². The van der Waals surface area contributed by atoms with Crippen LogP contribution in [0.4, 0.5) is 9.18 Å². The van der Waals surface area contributed by atoms with Gasteiger partial charge in [0.05, 0.1) is 12.1 Å². The zero-order valence-electron chi connectivity index (χ0n) is 13.2. The van der Waals surface area contributed by atoms with Gasteiger partial charge < -0.3 is 15.3 Å². The van der Waals surface area contributed by atoms with Crippen LogP contribution in [-0.4, -0.2) is 39.7 Å². The molecule has 1 aromatic heterocycles. The fourth-order valence-corrected chi connectivity index (χ4v) is 3.02. The van der Waals surface area contributed by atoms with Gasteiger partial charge in [-0.05, 0) is 42.2 Å². The summed E-state index contributed by atoms with van der Waals surface area (Å²) in [5, 5.41) is 13.0. The van der Waals surface area contributed by atoms with Crippen LogP contribution in [0, 0.1) is 5.82 Å². The molecule has 0 bridgehead atoms. The Hall–Kier alpha value is -2.47. The predicted octanol–water partition coefficient (Wildman–Crippen LogP) is 2.11. The number of pyridine rings is 1. The number of benzene rings is 1. The van der Waals surface area contributed by atoms with E-state index in [1.807, 2.05) is 12.1 Å². The Balaban J connectivity index is 1.62. The van der Waals surface area contributed by atoms with Crippen LogP contribution in [0.1, 0.15) is 17.5 Å². The number of carbonyl (C=O) groups excluding carboxylic acids is 1. The fourth-order valence-electron chi connectivity index (χ4n) is 3.02. The van der Waals surface area contributed by atoms with Gasteiger partial charge in [-0.25, -0.2) is 9.18 Å². The lowest BCUT2D eigenvalue weighted by Crippen LogP contribution is -2.46. The van der Waals surface area contributed by atoms with Crippen molar-refractivity contribution in [1.29, 1.82) is 0 Å². The van der Waals surface area contributed by atoms with Crippen LogP contribution in [0.2, 0.25) is 0 Å². The molecule has 1 aliphatic rings. The van der Waals surface area contributed by atoms with Gasteiger partial charge in [0, 0.05) is 25.5 Å². The monoisotopic (exact) mass is 329 g/mol. The lowest BCUT2D eigenvalue weighted by Gasteiger charge is -2.26. The molecule has 2 N–H and O–H groups in total. The van der Waals surface area contributed by atoms with E-state index in [9.17, 15) is 14.3 Å². The van der Waals surface area contributed by atoms with Crippen LogP contribution < -0.4 is 5.32 Å². The van der Waals surface area contributed by atoms with Gasteiger partial charge in [-0.3, -0.25) is 4.98 Å². The van der Waals surface area contributed by atoms with Crippen molar-refractivity contribution in [3.63, 3.8) is 0 Å². The molecule has 0 spiro atoms. The molecule has 126 valence electrons. The Labute approximate surface area is 140 Å². The number of rotatable bonds is 4. The Morgan fingerprint density at radius 2 is 2.17 bits per heavy atom. The molecule has 1 fully saturated rings. The van der Waals surface area contributed by atoms with Gasteiger partial charge in [-0.2, -0.15) is 0 Å². The fraction of sp³-hybridized carbons (Fsp3) is 0.333. The summed E-state index contributed by atoms with van der Waals surface area (Å²) in [7, 11) is 0. The third-order valence-corrected chi connectivity index (χ3v) is 4.27. The Morgan fingerprint density at radius 1 is 1.33 bits per heavy atom. The molecule has 2 heterocycles. The molecule has 6 heteroatoms. The average molecular weight is 329 g/mol. The average Bonchev–Trinajstić information content (AvgIpc) is 2.95. The van der Waals surface area contributed by atoms with Gasteiger partial charge in [0.1, 0.15) is 5.82 Å². The molecule has 5 nitrogen and oxygen atoms in total. The Kier molecular flexibility index (Phi) is 5.05. The third kappa shape index (κ3) is 3.89. The van der Waals surface area contributed by atoms with Gasteiger partial charge >= 0.3 is 6.03 Å². The number of likely N-dealkylation sites (tertiary alicyclic amines) is 1. The normalized spacial score (nSPS) is 20.2. The molecule has 0 unspecified atom stereocenters. The van der Waals surface area contributed by atoms with E-state index in [4.69, 9.17) is 0 Å². The summed E-state index contributed by atoms with van der Waals surface area (Å²) < 4.78 is 13.2. The number of amides is 2. The van der Waals surface area contributed by atoms with Crippen molar-refractivity contribution in [2.24, 2.45) is 0 Å². The summed E-state index contributed by atoms with van der Waals surface area (Å²) in [5.74, 6) is -0.326. The number of hydrogen-bond donors (Lipinski definition) is 2. The van der Waals surface area contributed by atoms with Crippen LogP contribution in [0.25, 0.3) is 0 Å². The maximum atomic E-state index is 13.2. The minimum absolute atomic E-state index is 0.246. The molecule has 0 radical (unpaired) electrons. The number of nitrogens with one attached hydrogen (secondary N) is 1. The highest BCUT2D eigenvalue weighted by Gasteiger charge is 2.35. The number of aromatic nitrogens is 1. The van der Waals surface area contributed by atoms with Crippen molar-refractivity contribution >= 4 is 6.03 Å². The van der Waals surface area contributed by atoms with E-state index in [1.165, 1.54) is 12.1 Å². The van der Waals surface area contributed by atoms with Gasteiger partial charge in [0.25, 0.3) is 0 Å². The van der Waals surface area contributed by atoms with E-state index >= 15 is 0 Å². The van der Waals surface area contributed by atoms with Crippen LogP contribution in [0.3, 0.4) is 0 Å². The second-order valence-corrected chi connectivity index (χ2v) is 5.97. The highest BCUT2D eigenvalue weighted by atomic mass is 19.1. The smallest absolute Gasteiger partial charge is 0.318 e. The summed E-state index contributed by atoms with van der Waals surface area (Å²) in [6, 6.07) is 9.38. The van der Waals surface area contributed by atoms with E-state index in [0.29, 0.717) is 24.9 Å². The van der Waals surface area contributed by atoms with Gasteiger partial charge in [0.15, 0.2) is 0 Å². The number of urea groups is 1. The van der Waals surface area contributed by atoms with Crippen molar-refractivity contribution in [2.75, 3.05) is 6.54 Å². The molecule has 1 aliphatic heterocycles. The number of aliphatic hydroxyl groups excluding tert-OH is 1. The third-order valence-electron chi connectivity index (χ3n) is 4.27. The minimum atomic E-state index is -0.551. The molecule has 0 saturated carbocycles. The number of carbonyl (C=O) groups is 1. The standard InChI is InChI=1S/C18H20FN3O2/c19-15-5-1-3-13(9-15)12-21-18(24)22-8-6-17(23)16(22)10-14-4-2-7-20-11-14/h1-5,7,9,11,16-17,23H,6,8,10,12H2,(H,21,24)/t16-,17-/m0/s1. The topological polar surface area (TPSA) is 65.5 Å². The molecule has 24 heavy (non-hydrogen) atoms. The molecular formula is C18H20FN3O2. The molecular weight excluding hydrogens is 309 g/mol. The molecule has 2 aromatic rings. The second kappa shape index (κ2) is 7.40. The molecule has 2 atom stereocenters. The van der Waals surface area contributed by atoms with Crippen molar-refractivity contribution in [2.45, 2.75) is 31.5 Å². The van der Waals surface area contributed by atoms with Gasteiger partial charge in [-0.15, -0.1) is 0 Å². The quantitative estimate of drug-likeness (QED) is 0.903. The van der Waals surface area contributed by atoms with Gasteiger partial charge in [-0.1, -0.05) is 18.2 Å². The van der Waals surface area contributed by atoms with E-state index in [1.54, 1.807) is 29.4 Å². The summed E-state index contributed by atoms with van der Waals surface area (Å²) in [5.41, 5.74) is 1.68. The first-order valence-corrected chi connectivity index (χ1v) is 7.99. The largest absolute Gasteiger partial charge is 0.391 e. The second-order valence-electron chi connectivity index (χ2n) is 5.97. The van der Waals surface area contributed by atoms with Crippen molar-refractivity contribution in [1.82, 2.24) is 15.2 Å². The first-order valence-electron chi connectivity index (χ1n) is 7.99. The summed E-state index contributed by atoms with van der Waals surface area (Å²) >= 11 is 0. The molecule has 1 aromatic carbocycles. The lowest BCUT2D eigenvalue weighted by atomic mass is 10.0. The van der Waals surface area contributed by atoms with Crippen LogP contribution in [0.15, 0.2) is 48.8 Å². The summed E-state index contributed by atoms with van der Waals surface area (Å²) in [6.45, 7) is 0.754.